The average molecular weight is 673 g/mol. The Bertz CT molecular complexity index is 1540. The maximum Gasteiger partial charge on any atom is 0.264 e. The fraction of sp³-hybridized carbons (Fsp3) is 0.333. The van der Waals surface area contributed by atoms with Crippen LogP contribution < -0.4 is 9.62 Å². The van der Waals surface area contributed by atoms with Crippen LogP contribution in [0.15, 0.2) is 65.6 Å². The molecule has 0 spiro atoms. The summed E-state index contributed by atoms with van der Waals surface area (Å²) in [5, 5.41) is 3.93. The van der Waals surface area contributed by atoms with E-state index in [4.69, 9.17) is 46.4 Å². The molecule has 0 aliphatic carbocycles. The van der Waals surface area contributed by atoms with Crippen LogP contribution in [0, 0.1) is 6.92 Å². The second-order valence-corrected chi connectivity index (χ2v) is 14.4. The van der Waals surface area contributed by atoms with Crippen molar-refractivity contribution in [3.63, 3.8) is 0 Å². The Morgan fingerprint density at radius 3 is 2.00 bits per heavy atom. The predicted molar refractivity (Wildman–Crippen MR) is 171 cm³/mol. The maximum absolute atomic E-state index is 14.2. The Hall–Kier alpha value is -2.49. The first-order valence-electron chi connectivity index (χ1n) is 13.1. The van der Waals surface area contributed by atoms with Crippen molar-refractivity contribution in [1.29, 1.82) is 0 Å². The van der Waals surface area contributed by atoms with Gasteiger partial charge in [0.05, 0.1) is 20.6 Å². The summed E-state index contributed by atoms with van der Waals surface area (Å²) < 4.78 is 28.9. The minimum absolute atomic E-state index is 0.0226. The smallest absolute Gasteiger partial charge is 0.264 e. The molecular weight excluding hydrogens is 640 g/mol. The van der Waals surface area contributed by atoms with Crippen LogP contribution in [0.4, 0.5) is 5.69 Å². The third-order valence-corrected chi connectivity index (χ3v) is 9.21. The molecule has 0 saturated carbocycles. The quantitative estimate of drug-likeness (QED) is 0.241. The summed E-state index contributed by atoms with van der Waals surface area (Å²) in [5.74, 6) is -0.999. The molecule has 0 aliphatic rings. The number of nitrogens with one attached hydrogen (secondary N) is 1. The van der Waals surface area contributed by atoms with Crippen molar-refractivity contribution in [1.82, 2.24) is 10.2 Å². The number of carbonyl (C=O) groups excluding carboxylic acids is 2. The Morgan fingerprint density at radius 1 is 0.881 bits per heavy atom. The van der Waals surface area contributed by atoms with Gasteiger partial charge in [-0.3, -0.25) is 13.9 Å². The van der Waals surface area contributed by atoms with E-state index in [0.717, 1.165) is 9.87 Å². The number of carbonyl (C=O) groups is 2. The zero-order chi connectivity index (χ0) is 31.4. The normalized spacial score (nSPS) is 12.5. The van der Waals surface area contributed by atoms with Crippen LogP contribution in [-0.2, 0) is 26.2 Å². The third-order valence-electron chi connectivity index (χ3n) is 6.24. The molecule has 0 unspecified atom stereocenters. The summed E-state index contributed by atoms with van der Waals surface area (Å²) >= 11 is 24.8. The van der Waals surface area contributed by atoms with Gasteiger partial charge in [0, 0.05) is 22.1 Å². The number of aryl methyl sites for hydroxylation is 1. The van der Waals surface area contributed by atoms with E-state index in [1.54, 1.807) is 37.3 Å². The van der Waals surface area contributed by atoms with Gasteiger partial charge in [-0.1, -0.05) is 77.1 Å². The number of nitrogens with zero attached hydrogens (tertiary/aromatic N) is 2. The highest BCUT2D eigenvalue weighted by Gasteiger charge is 2.35. The number of anilines is 1. The first-order valence-corrected chi connectivity index (χ1v) is 16.1. The van der Waals surface area contributed by atoms with Gasteiger partial charge in [0.15, 0.2) is 0 Å². The van der Waals surface area contributed by atoms with Crippen molar-refractivity contribution >= 4 is 73.9 Å². The molecule has 3 aromatic carbocycles. The van der Waals surface area contributed by atoms with E-state index in [1.165, 1.54) is 35.2 Å². The molecule has 12 heteroatoms. The van der Waals surface area contributed by atoms with Gasteiger partial charge in [-0.05, 0) is 82.1 Å². The lowest BCUT2D eigenvalue weighted by Gasteiger charge is -2.35. The van der Waals surface area contributed by atoms with E-state index in [9.17, 15) is 18.0 Å². The van der Waals surface area contributed by atoms with Crippen LogP contribution in [0.5, 0.6) is 0 Å². The zero-order valence-corrected chi connectivity index (χ0v) is 27.8. The van der Waals surface area contributed by atoms with Gasteiger partial charge in [0.25, 0.3) is 10.0 Å². The van der Waals surface area contributed by atoms with Crippen LogP contribution in [0.2, 0.25) is 20.1 Å². The number of rotatable bonds is 10. The molecule has 0 aliphatic heterocycles. The van der Waals surface area contributed by atoms with Gasteiger partial charge in [0.1, 0.15) is 12.6 Å². The van der Waals surface area contributed by atoms with Crippen molar-refractivity contribution in [3.8, 4) is 0 Å². The average Bonchev–Trinajstić information content (AvgIpc) is 2.87. The van der Waals surface area contributed by atoms with Crippen LogP contribution in [0.1, 0.15) is 45.2 Å². The van der Waals surface area contributed by atoms with E-state index in [0.29, 0.717) is 10.6 Å². The molecule has 226 valence electrons. The van der Waals surface area contributed by atoms with E-state index < -0.39 is 34.1 Å². The molecule has 1 atom stereocenters. The standard InChI is InChI=1S/C30H33Cl4N3O4S/c1-6-27(29(39)35-30(3,4)5)36(17-20-9-12-25(33)26(34)13-20)28(38)18-37(23-15-21(31)14-22(32)16-23)42(40,41)24-10-7-19(2)8-11-24/h7-16,27H,6,17-18H2,1-5H3,(H,35,39)/t27-/m0/s1. The van der Waals surface area contributed by atoms with Crippen LogP contribution in [0.25, 0.3) is 0 Å². The topological polar surface area (TPSA) is 86.8 Å². The summed E-state index contributed by atoms with van der Waals surface area (Å²) in [6.07, 6.45) is 0.267. The first-order chi connectivity index (χ1) is 19.5. The number of amides is 2. The Balaban J connectivity index is 2.12. The molecule has 1 N–H and O–H groups in total. The highest BCUT2D eigenvalue weighted by molar-refractivity contribution is 7.92. The summed E-state index contributed by atoms with van der Waals surface area (Å²) in [4.78, 5) is 28.9. The van der Waals surface area contributed by atoms with Gasteiger partial charge < -0.3 is 10.2 Å². The zero-order valence-electron chi connectivity index (χ0n) is 23.9. The number of hydrogen-bond donors (Lipinski definition) is 1. The SMILES string of the molecule is CC[C@@H](C(=O)NC(C)(C)C)N(Cc1ccc(Cl)c(Cl)c1)C(=O)CN(c1cc(Cl)cc(Cl)c1)S(=O)(=O)c1ccc(C)cc1. The fourth-order valence-corrected chi connectivity index (χ4v) is 6.49. The van der Waals surface area contributed by atoms with Gasteiger partial charge >= 0.3 is 0 Å². The molecule has 0 fully saturated rings. The van der Waals surface area contributed by atoms with E-state index in [1.807, 2.05) is 27.7 Å². The molecule has 3 rings (SSSR count). The second-order valence-electron chi connectivity index (χ2n) is 10.9. The van der Waals surface area contributed by atoms with Crippen molar-refractivity contribution in [2.45, 2.75) is 64.1 Å². The molecule has 42 heavy (non-hydrogen) atoms. The molecule has 0 radical (unpaired) electrons. The summed E-state index contributed by atoms with van der Waals surface area (Å²) in [5.41, 5.74) is 1.01. The Kier molecular flexibility index (Phi) is 11.2. The lowest BCUT2D eigenvalue weighted by Crippen LogP contribution is -2.55. The Morgan fingerprint density at radius 2 is 1.48 bits per heavy atom. The van der Waals surface area contributed by atoms with Crippen LogP contribution in [0.3, 0.4) is 0 Å². The molecule has 0 aromatic heterocycles. The fourth-order valence-electron chi connectivity index (χ4n) is 4.26. The first kappa shape index (κ1) is 34.0. The van der Waals surface area contributed by atoms with Gasteiger partial charge in [0.2, 0.25) is 11.8 Å². The van der Waals surface area contributed by atoms with Gasteiger partial charge in [-0.25, -0.2) is 8.42 Å². The number of halogens is 4. The molecule has 0 saturated heterocycles. The molecule has 2 amide bonds. The molecule has 0 bridgehead atoms. The number of sulfonamides is 1. The van der Waals surface area contributed by atoms with E-state index in [2.05, 4.69) is 5.32 Å². The summed E-state index contributed by atoms with van der Waals surface area (Å²) in [6, 6.07) is 14.5. The maximum atomic E-state index is 14.2. The number of hydrogen-bond acceptors (Lipinski definition) is 4. The van der Waals surface area contributed by atoms with Crippen molar-refractivity contribution in [3.05, 3.63) is 91.9 Å². The monoisotopic (exact) mass is 671 g/mol. The Labute approximate surface area is 267 Å². The van der Waals surface area contributed by atoms with Crippen LogP contribution in [-0.4, -0.2) is 43.3 Å². The second kappa shape index (κ2) is 13.9. The van der Waals surface area contributed by atoms with Gasteiger partial charge in [-0.15, -0.1) is 0 Å². The third kappa shape index (κ3) is 8.77. The van der Waals surface area contributed by atoms with Crippen molar-refractivity contribution in [2.75, 3.05) is 10.8 Å². The van der Waals surface area contributed by atoms with Gasteiger partial charge in [-0.2, -0.15) is 0 Å². The molecular formula is C30H33Cl4N3O4S. The molecule has 7 nitrogen and oxygen atoms in total. The van der Waals surface area contributed by atoms with E-state index >= 15 is 0 Å². The minimum atomic E-state index is -4.27. The molecule has 0 heterocycles. The highest BCUT2D eigenvalue weighted by atomic mass is 35.5. The minimum Gasteiger partial charge on any atom is -0.350 e. The van der Waals surface area contributed by atoms with Crippen LogP contribution >= 0.6 is 46.4 Å². The highest BCUT2D eigenvalue weighted by Crippen LogP contribution is 2.31. The molecule has 3 aromatic rings. The summed E-state index contributed by atoms with van der Waals surface area (Å²) in [7, 11) is -4.27. The predicted octanol–water partition coefficient (Wildman–Crippen LogP) is 7.53. The van der Waals surface area contributed by atoms with Crippen molar-refractivity contribution in [2.24, 2.45) is 0 Å². The van der Waals surface area contributed by atoms with Crippen molar-refractivity contribution < 1.29 is 18.0 Å². The summed E-state index contributed by atoms with van der Waals surface area (Å²) in [6.45, 7) is 8.46. The largest absolute Gasteiger partial charge is 0.350 e. The lowest BCUT2D eigenvalue weighted by molar-refractivity contribution is -0.141. The number of benzene rings is 3. The lowest BCUT2D eigenvalue weighted by atomic mass is 10.1. The van der Waals surface area contributed by atoms with E-state index in [-0.39, 0.29) is 44.5 Å².